The van der Waals surface area contributed by atoms with E-state index in [1.54, 1.807) is 6.07 Å². The van der Waals surface area contributed by atoms with Crippen molar-refractivity contribution in [2.75, 3.05) is 25.5 Å². The molecule has 190 valence electrons. The van der Waals surface area contributed by atoms with Crippen LogP contribution < -0.4 is 10.1 Å². The Bertz CT molecular complexity index is 1540. The van der Waals surface area contributed by atoms with Crippen molar-refractivity contribution in [3.05, 3.63) is 30.2 Å². The van der Waals surface area contributed by atoms with Gasteiger partial charge < -0.3 is 15.0 Å². The molecule has 1 aromatic carbocycles. The fourth-order valence-corrected chi connectivity index (χ4v) is 4.30. The maximum Gasteiger partial charge on any atom is 0.258 e. The summed E-state index contributed by atoms with van der Waals surface area (Å²) in [5.74, 6) is -1.95. The van der Waals surface area contributed by atoms with Crippen molar-refractivity contribution < 1.29 is 31.2 Å². The average Bonchev–Trinajstić information content (AvgIpc) is 3.42. The molecule has 4 heterocycles. The normalized spacial score (nSPS) is 19.9. The predicted octanol–water partition coefficient (Wildman–Crippen LogP) is 2.92. The van der Waals surface area contributed by atoms with Crippen molar-refractivity contribution in [1.29, 1.82) is 0 Å². The van der Waals surface area contributed by atoms with Crippen LogP contribution in [0.5, 0.6) is 5.88 Å². The highest BCUT2D eigenvalue weighted by Gasteiger charge is 2.31. The number of aromatic nitrogens is 6. The SMILES string of the molecule is [2H]C([2H])([2H])C(=O)N1CC[C@H](Nc2nc(OC)c3c(-c4ccc5nnn(CC(F)F)c5c4)c(F)cn3n2)[C@H](F)C1. The van der Waals surface area contributed by atoms with E-state index in [4.69, 9.17) is 8.85 Å². The molecule has 1 aliphatic heterocycles. The Labute approximate surface area is 206 Å². The van der Waals surface area contributed by atoms with Gasteiger partial charge in [-0.2, -0.15) is 4.98 Å². The lowest BCUT2D eigenvalue weighted by Crippen LogP contribution is -2.49. The number of halogens is 4. The van der Waals surface area contributed by atoms with Gasteiger partial charge in [-0.15, -0.1) is 10.2 Å². The van der Waals surface area contributed by atoms with Crippen LogP contribution in [0.2, 0.25) is 0 Å². The lowest BCUT2D eigenvalue weighted by molar-refractivity contribution is -0.131. The van der Waals surface area contributed by atoms with E-state index in [0.717, 1.165) is 20.3 Å². The molecular weight excluding hydrogens is 484 g/mol. The second-order valence-corrected chi connectivity index (χ2v) is 8.26. The standard InChI is InChI=1S/C22H22F4N8O2/c1-11(35)32-6-5-15(13(23)8-32)27-22-28-21(36-2)20-19(14(24)9-34(20)30-22)12-3-4-16-17(7-12)33(31-29-16)10-18(25)26/h3-4,7,9,13,15,18H,5-6,8,10H2,1-2H3,(H,27,30)/t13-,15+/m1/s1/i1D3. The Morgan fingerprint density at radius 3 is 2.94 bits per heavy atom. The smallest absolute Gasteiger partial charge is 0.258 e. The zero-order chi connectivity index (χ0) is 28.1. The number of hydrogen-bond acceptors (Lipinski definition) is 7. The number of hydrogen-bond donors (Lipinski definition) is 1. The zero-order valence-corrected chi connectivity index (χ0v) is 18.8. The first kappa shape index (κ1) is 20.2. The summed E-state index contributed by atoms with van der Waals surface area (Å²) < 4.78 is 85.3. The Balaban J connectivity index is 1.45. The van der Waals surface area contributed by atoms with Crippen LogP contribution in [0.4, 0.5) is 23.5 Å². The number of anilines is 1. The molecule has 0 saturated carbocycles. The van der Waals surface area contributed by atoms with E-state index in [-0.39, 0.29) is 41.4 Å². The number of ether oxygens (including phenoxy) is 1. The van der Waals surface area contributed by atoms with Crippen molar-refractivity contribution >= 4 is 28.4 Å². The number of alkyl halides is 3. The van der Waals surface area contributed by atoms with Crippen molar-refractivity contribution in [2.45, 2.75) is 38.5 Å². The summed E-state index contributed by atoms with van der Waals surface area (Å²) in [5.41, 5.74) is 1.14. The highest BCUT2D eigenvalue weighted by molar-refractivity contribution is 5.89. The molecule has 0 aliphatic carbocycles. The Morgan fingerprint density at radius 1 is 1.39 bits per heavy atom. The van der Waals surface area contributed by atoms with E-state index in [9.17, 15) is 18.0 Å². The number of methoxy groups -OCH3 is 1. The van der Waals surface area contributed by atoms with E-state index in [1.165, 1.54) is 19.2 Å². The van der Waals surface area contributed by atoms with Gasteiger partial charge in [-0.1, -0.05) is 11.3 Å². The number of nitrogens with zero attached hydrogens (tertiary/aromatic N) is 7. The van der Waals surface area contributed by atoms with Gasteiger partial charge in [0.05, 0.1) is 37.0 Å². The van der Waals surface area contributed by atoms with Crippen LogP contribution in [0.15, 0.2) is 24.4 Å². The molecule has 4 aromatic rings. The van der Waals surface area contributed by atoms with Crippen LogP contribution in [0.1, 0.15) is 17.4 Å². The molecule has 0 unspecified atom stereocenters. The highest BCUT2D eigenvalue weighted by Crippen LogP contribution is 2.35. The minimum Gasteiger partial charge on any atom is -0.479 e. The maximum atomic E-state index is 15.2. The van der Waals surface area contributed by atoms with Gasteiger partial charge in [0.1, 0.15) is 23.7 Å². The minimum absolute atomic E-state index is 0.0104. The number of nitrogens with one attached hydrogen (secondary N) is 1. The number of likely N-dealkylation sites (tertiary alicyclic amines) is 1. The van der Waals surface area contributed by atoms with Gasteiger partial charge in [0.2, 0.25) is 17.7 Å². The van der Waals surface area contributed by atoms with E-state index in [1.807, 2.05) is 0 Å². The van der Waals surface area contributed by atoms with Crippen LogP contribution in [0.25, 0.3) is 27.7 Å². The van der Waals surface area contributed by atoms with Crippen LogP contribution in [-0.4, -0.2) is 79.2 Å². The molecule has 1 aliphatic rings. The van der Waals surface area contributed by atoms with Gasteiger partial charge in [-0.3, -0.25) is 4.79 Å². The molecule has 1 amide bonds. The second kappa shape index (κ2) is 9.24. The molecule has 36 heavy (non-hydrogen) atoms. The molecule has 1 N–H and O–H groups in total. The topological polar surface area (TPSA) is 102 Å². The summed E-state index contributed by atoms with van der Waals surface area (Å²) >= 11 is 0. The molecule has 2 atom stereocenters. The maximum absolute atomic E-state index is 15.2. The number of carbonyl (C=O) groups excluding carboxylic acids is 1. The molecule has 5 rings (SSSR count). The van der Waals surface area contributed by atoms with Crippen LogP contribution >= 0.6 is 0 Å². The van der Waals surface area contributed by atoms with Crippen molar-refractivity contribution in [3.63, 3.8) is 0 Å². The molecule has 0 bridgehead atoms. The molecule has 0 radical (unpaired) electrons. The third kappa shape index (κ3) is 4.27. The highest BCUT2D eigenvalue weighted by atomic mass is 19.3. The van der Waals surface area contributed by atoms with Gasteiger partial charge in [-0.05, 0) is 24.1 Å². The van der Waals surface area contributed by atoms with Crippen molar-refractivity contribution in [1.82, 2.24) is 34.5 Å². The Kier molecular flexibility index (Phi) is 5.20. The number of piperidine rings is 1. The fraction of sp³-hybridized carbons (Fsp3) is 0.409. The number of amides is 1. The lowest BCUT2D eigenvalue weighted by atomic mass is 10.0. The monoisotopic (exact) mass is 509 g/mol. The van der Waals surface area contributed by atoms with Gasteiger partial charge in [0.15, 0.2) is 5.82 Å². The number of rotatable bonds is 6. The van der Waals surface area contributed by atoms with Crippen molar-refractivity contribution in [2.24, 2.45) is 0 Å². The summed E-state index contributed by atoms with van der Waals surface area (Å²) in [7, 11) is 1.31. The summed E-state index contributed by atoms with van der Waals surface area (Å²) in [6.07, 6.45) is -3.13. The van der Waals surface area contributed by atoms with Crippen LogP contribution in [0.3, 0.4) is 0 Å². The molecule has 10 nitrogen and oxygen atoms in total. The van der Waals surface area contributed by atoms with E-state index >= 15 is 4.39 Å². The van der Waals surface area contributed by atoms with Gasteiger partial charge in [-0.25, -0.2) is 26.8 Å². The van der Waals surface area contributed by atoms with E-state index in [2.05, 4.69) is 25.7 Å². The Hall–Kier alpha value is -3.97. The van der Waals surface area contributed by atoms with E-state index in [0.29, 0.717) is 11.1 Å². The summed E-state index contributed by atoms with van der Waals surface area (Å²) in [6, 6.07) is 3.70. The van der Waals surface area contributed by atoms with Crippen LogP contribution in [0, 0.1) is 5.82 Å². The van der Waals surface area contributed by atoms with Crippen LogP contribution in [-0.2, 0) is 11.3 Å². The first-order chi connectivity index (χ1) is 18.5. The summed E-state index contributed by atoms with van der Waals surface area (Å²) in [4.78, 5) is 17.2. The zero-order valence-electron chi connectivity index (χ0n) is 21.8. The van der Waals surface area contributed by atoms with Gasteiger partial charge in [0, 0.05) is 17.5 Å². The molecule has 3 aromatic heterocycles. The number of benzene rings is 1. The fourth-order valence-electron chi connectivity index (χ4n) is 4.30. The molecule has 14 heteroatoms. The Morgan fingerprint density at radius 2 is 2.22 bits per heavy atom. The first-order valence-corrected chi connectivity index (χ1v) is 10.9. The first-order valence-electron chi connectivity index (χ1n) is 12.4. The predicted molar refractivity (Wildman–Crippen MR) is 121 cm³/mol. The van der Waals surface area contributed by atoms with E-state index < -0.39 is 50.3 Å². The largest absolute Gasteiger partial charge is 0.479 e. The van der Waals surface area contributed by atoms with Gasteiger partial charge >= 0.3 is 0 Å². The summed E-state index contributed by atoms with van der Waals surface area (Å²) in [6.45, 7) is -3.95. The third-order valence-corrected chi connectivity index (χ3v) is 6.00. The second-order valence-electron chi connectivity index (χ2n) is 8.26. The number of fused-ring (bicyclic) bond motifs is 2. The summed E-state index contributed by atoms with van der Waals surface area (Å²) in [5, 5.41) is 14.6. The van der Waals surface area contributed by atoms with Crippen molar-refractivity contribution in [3.8, 4) is 17.0 Å². The molecular formula is C22H22F4N8O2. The molecule has 1 saturated heterocycles. The minimum atomic E-state index is -2.86. The molecule has 0 spiro atoms. The number of carbonyl (C=O) groups is 1. The average molecular weight is 509 g/mol. The third-order valence-electron chi connectivity index (χ3n) is 6.00. The quantitative estimate of drug-likeness (QED) is 0.399. The molecule has 1 fully saturated rings. The van der Waals surface area contributed by atoms with Gasteiger partial charge in [0.25, 0.3) is 6.43 Å². The lowest BCUT2D eigenvalue weighted by Gasteiger charge is -2.34.